The standard InChI is InChI=1S/C14H23BrFN3O/c1-4-19-12(13(15)10(2)18-19)8-14(3,16)7-11-9-20-6-5-17-11/h11,17H,4-9H2,1-3H3. The number of aryl methyl sites for hydroxylation is 2. The van der Waals surface area contributed by atoms with Gasteiger partial charge < -0.3 is 10.1 Å². The van der Waals surface area contributed by atoms with Gasteiger partial charge in [0.05, 0.1) is 29.1 Å². The van der Waals surface area contributed by atoms with Crippen molar-refractivity contribution in [1.29, 1.82) is 0 Å². The summed E-state index contributed by atoms with van der Waals surface area (Å²) in [6.07, 6.45) is 0.813. The quantitative estimate of drug-likeness (QED) is 0.889. The molecule has 0 bridgehead atoms. The number of halogens is 2. The lowest BCUT2D eigenvalue weighted by molar-refractivity contribution is 0.0478. The molecule has 1 saturated heterocycles. The van der Waals surface area contributed by atoms with E-state index >= 15 is 0 Å². The summed E-state index contributed by atoms with van der Waals surface area (Å²) in [5, 5.41) is 7.73. The van der Waals surface area contributed by atoms with E-state index in [2.05, 4.69) is 26.3 Å². The lowest BCUT2D eigenvalue weighted by Gasteiger charge is -2.30. The number of nitrogens with one attached hydrogen (secondary N) is 1. The van der Waals surface area contributed by atoms with Crippen LogP contribution in [0.4, 0.5) is 4.39 Å². The van der Waals surface area contributed by atoms with Gasteiger partial charge in [-0.05, 0) is 43.1 Å². The third-order valence-electron chi connectivity index (χ3n) is 3.66. The minimum absolute atomic E-state index is 0.0941. The van der Waals surface area contributed by atoms with Gasteiger partial charge in [0.2, 0.25) is 0 Å². The van der Waals surface area contributed by atoms with E-state index in [1.54, 1.807) is 6.92 Å². The summed E-state index contributed by atoms with van der Waals surface area (Å²) in [5.74, 6) is 0. The van der Waals surface area contributed by atoms with Crippen LogP contribution in [-0.4, -0.2) is 41.2 Å². The molecule has 0 aromatic carbocycles. The fourth-order valence-corrected chi connectivity index (χ4v) is 3.15. The van der Waals surface area contributed by atoms with Crippen LogP contribution in [0.25, 0.3) is 0 Å². The van der Waals surface area contributed by atoms with E-state index in [9.17, 15) is 4.39 Å². The molecule has 1 fully saturated rings. The van der Waals surface area contributed by atoms with Gasteiger partial charge in [-0.3, -0.25) is 4.68 Å². The van der Waals surface area contributed by atoms with E-state index in [1.807, 2.05) is 18.5 Å². The average Bonchev–Trinajstić information content (AvgIpc) is 2.66. The molecule has 114 valence electrons. The van der Waals surface area contributed by atoms with E-state index in [1.165, 1.54) is 0 Å². The second-order valence-corrected chi connectivity index (χ2v) is 6.48. The molecule has 0 saturated carbocycles. The Morgan fingerprint density at radius 3 is 2.95 bits per heavy atom. The highest BCUT2D eigenvalue weighted by Crippen LogP contribution is 2.29. The van der Waals surface area contributed by atoms with Gasteiger partial charge in [-0.25, -0.2) is 4.39 Å². The van der Waals surface area contributed by atoms with Crippen LogP contribution < -0.4 is 5.32 Å². The first-order valence-corrected chi connectivity index (χ1v) is 7.94. The van der Waals surface area contributed by atoms with Gasteiger partial charge in [-0.15, -0.1) is 0 Å². The highest BCUT2D eigenvalue weighted by molar-refractivity contribution is 9.10. The zero-order valence-electron chi connectivity index (χ0n) is 12.4. The number of aromatic nitrogens is 2. The Labute approximate surface area is 128 Å². The van der Waals surface area contributed by atoms with Crippen molar-refractivity contribution in [1.82, 2.24) is 15.1 Å². The van der Waals surface area contributed by atoms with Gasteiger partial charge in [0.15, 0.2) is 0 Å². The molecule has 0 spiro atoms. The van der Waals surface area contributed by atoms with E-state index in [-0.39, 0.29) is 6.04 Å². The van der Waals surface area contributed by atoms with Crippen molar-refractivity contribution in [3.05, 3.63) is 15.9 Å². The topological polar surface area (TPSA) is 39.1 Å². The first-order valence-electron chi connectivity index (χ1n) is 7.15. The average molecular weight is 348 g/mol. The van der Waals surface area contributed by atoms with Gasteiger partial charge in [-0.2, -0.15) is 5.10 Å². The predicted molar refractivity (Wildman–Crippen MR) is 80.8 cm³/mol. The number of alkyl halides is 1. The Kier molecular flexibility index (Phi) is 5.20. The molecule has 1 aliphatic rings. The maximum atomic E-state index is 14.9. The lowest BCUT2D eigenvalue weighted by atomic mass is 9.93. The van der Waals surface area contributed by atoms with Crippen molar-refractivity contribution in [2.45, 2.75) is 51.9 Å². The Morgan fingerprint density at radius 1 is 1.60 bits per heavy atom. The summed E-state index contributed by atoms with van der Waals surface area (Å²) in [6.45, 7) is 8.48. The molecular weight excluding hydrogens is 325 g/mol. The molecule has 1 N–H and O–H groups in total. The van der Waals surface area contributed by atoms with Crippen molar-refractivity contribution < 1.29 is 9.13 Å². The van der Waals surface area contributed by atoms with Crippen LogP contribution in [0, 0.1) is 6.92 Å². The molecule has 2 rings (SSSR count). The Bertz CT molecular complexity index is 456. The number of ether oxygens (including phenoxy) is 1. The fraction of sp³-hybridized carbons (Fsp3) is 0.786. The van der Waals surface area contributed by atoms with Crippen LogP contribution in [-0.2, 0) is 17.7 Å². The second kappa shape index (κ2) is 6.54. The number of morpholine rings is 1. The van der Waals surface area contributed by atoms with E-state index in [0.717, 1.165) is 29.0 Å². The highest BCUT2D eigenvalue weighted by atomic mass is 79.9. The first kappa shape index (κ1) is 15.9. The molecule has 0 radical (unpaired) electrons. The van der Waals surface area contributed by atoms with Crippen LogP contribution in [0.15, 0.2) is 4.47 Å². The molecule has 0 amide bonds. The summed E-state index contributed by atoms with van der Waals surface area (Å²) in [7, 11) is 0. The maximum Gasteiger partial charge on any atom is 0.115 e. The smallest absolute Gasteiger partial charge is 0.115 e. The summed E-state index contributed by atoms with van der Waals surface area (Å²) in [6, 6.07) is 0.0941. The largest absolute Gasteiger partial charge is 0.379 e. The third kappa shape index (κ3) is 3.80. The van der Waals surface area contributed by atoms with Gasteiger partial charge in [0.25, 0.3) is 0 Å². The van der Waals surface area contributed by atoms with E-state index in [4.69, 9.17) is 4.74 Å². The van der Waals surface area contributed by atoms with Crippen LogP contribution in [0.3, 0.4) is 0 Å². The van der Waals surface area contributed by atoms with Crippen LogP contribution >= 0.6 is 15.9 Å². The summed E-state index contributed by atoms with van der Waals surface area (Å²) in [5.41, 5.74) is 0.573. The minimum Gasteiger partial charge on any atom is -0.379 e. The molecule has 20 heavy (non-hydrogen) atoms. The van der Waals surface area contributed by atoms with E-state index in [0.29, 0.717) is 26.1 Å². The maximum absolute atomic E-state index is 14.9. The molecular formula is C14H23BrFN3O. The van der Waals surface area contributed by atoms with E-state index < -0.39 is 5.67 Å². The zero-order chi connectivity index (χ0) is 14.8. The lowest BCUT2D eigenvalue weighted by Crippen LogP contribution is -2.45. The van der Waals surface area contributed by atoms with Crippen molar-refractivity contribution >= 4 is 15.9 Å². The van der Waals surface area contributed by atoms with Crippen molar-refractivity contribution in [2.24, 2.45) is 0 Å². The SMILES string of the molecule is CCn1nc(C)c(Br)c1CC(C)(F)CC1COCCN1. The fourth-order valence-electron chi connectivity index (χ4n) is 2.72. The molecule has 2 atom stereocenters. The Morgan fingerprint density at radius 2 is 2.35 bits per heavy atom. The first-order chi connectivity index (χ1) is 9.43. The molecule has 2 heterocycles. The van der Waals surface area contributed by atoms with Gasteiger partial charge >= 0.3 is 0 Å². The third-order valence-corrected chi connectivity index (χ3v) is 4.69. The summed E-state index contributed by atoms with van der Waals surface area (Å²) < 4.78 is 23.1. The molecule has 2 unspecified atom stereocenters. The van der Waals surface area contributed by atoms with Crippen LogP contribution in [0.5, 0.6) is 0 Å². The Balaban J connectivity index is 2.07. The predicted octanol–water partition coefficient (Wildman–Crippen LogP) is 2.62. The van der Waals surface area contributed by atoms with Crippen molar-refractivity contribution in [2.75, 3.05) is 19.8 Å². The molecule has 6 heteroatoms. The molecule has 1 aromatic heterocycles. The summed E-state index contributed by atoms with van der Waals surface area (Å²) >= 11 is 3.53. The monoisotopic (exact) mass is 347 g/mol. The molecule has 1 aromatic rings. The number of hydrogen-bond acceptors (Lipinski definition) is 3. The summed E-state index contributed by atoms with van der Waals surface area (Å²) in [4.78, 5) is 0. The highest BCUT2D eigenvalue weighted by Gasteiger charge is 2.31. The number of rotatable bonds is 5. The normalized spacial score (nSPS) is 22.8. The second-order valence-electron chi connectivity index (χ2n) is 5.68. The van der Waals surface area contributed by atoms with Crippen LogP contribution in [0.2, 0.25) is 0 Å². The Hall–Kier alpha value is -0.460. The van der Waals surface area contributed by atoms with Crippen molar-refractivity contribution in [3.8, 4) is 0 Å². The minimum atomic E-state index is -1.28. The van der Waals surface area contributed by atoms with Gasteiger partial charge in [0.1, 0.15) is 5.67 Å². The molecule has 1 aliphatic heterocycles. The number of nitrogens with zero attached hydrogens (tertiary/aromatic N) is 2. The van der Waals surface area contributed by atoms with Gasteiger partial charge in [0, 0.05) is 25.6 Å². The molecule has 0 aliphatic carbocycles. The zero-order valence-corrected chi connectivity index (χ0v) is 14.0. The molecule has 4 nitrogen and oxygen atoms in total. The van der Waals surface area contributed by atoms with Crippen molar-refractivity contribution in [3.63, 3.8) is 0 Å². The number of hydrogen-bond donors (Lipinski definition) is 1. The van der Waals surface area contributed by atoms with Gasteiger partial charge in [-0.1, -0.05) is 0 Å². The van der Waals surface area contributed by atoms with Crippen LogP contribution in [0.1, 0.15) is 31.7 Å².